The highest BCUT2D eigenvalue weighted by molar-refractivity contribution is 5.88. The molecule has 1 aromatic carbocycles. The van der Waals surface area contributed by atoms with Crippen molar-refractivity contribution in [1.29, 1.82) is 0 Å². The molecule has 0 bridgehead atoms. The molecule has 4 N–H and O–H groups in total. The van der Waals surface area contributed by atoms with Crippen molar-refractivity contribution in [3.8, 4) is 0 Å². The van der Waals surface area contributed by atoms with Crippen molar-refractivity contribution in [2.45, 2.75) is 12.8 Å². The second-order valence-electron chi connectivity index (χ2n) is 4.22. The molecule has 1 fully saturated rings. The van der Waals surface area contributed by atoms with E-state index in [2.05, 4.69) is 15.5 Å². The molecule has 0 radical (unpaired) electrons. The van der Waals surface area contributed by atoms with Crippen molar-refractivity contribution in [3.63, 3.8) is 0 Å². The van der Waals surface area contributed by atoms with Gasteiger partial charge in [0.25, 0.3) is 0 Å². The molecule has 2 aromatic rings. The summed E-state index contributed by atoms with van der Waals surface area (Å²) in [5.74, 6) is 0.849. The number of benzene rings is 1. The van der Waals surface area contributed by atoms with E-state index in [-0.39, 0.29) is 0 Å². The molecule has 1 aliphatic carbocycles. The van der Waals surface area contributed by atoms with Crippen LogP contribution in [0.25, 0.3) is 10.9 Å². The van der Waals surface area contributed by atoms with Crippen molar-refractivity contribution in [3.05, 3.63) is 18.3 Å². The van der Waals surface area contributed by atoms with Crippen molar-refractivity contribution < 1.29 is 0 Å². The number of nitrogens with two attached hydrogens (primary N) is 1. The van der Waals surface area contributed by atoms with Crippen LogP contribution in [0.5, 0.6) is 0 Å². The monoisotopic (exact) mass is 202 g/mol. The Morgan fingerprint density at radius 2 is 2.33 bits per heavy atom. The minimum absolute atomic E-state index is 0.796. The summed E-state index contributed by atoms with van der Waals surface area (Å²) in [5.41, 5.74) is 8.79. The highest BCUT2D eigenvalue weighted by Gasteiger charge is 2.20. The minimum Gasteiger partial charge on any atom is -0.397 e. The Bertz CT molecular complexity index is 484. The van der Waals surface area contributed by atoms with Crippen LogP contribution in [0.3, 0.4) is 0 Å². The summed E-state index contributed by atoms with van der Waals surface area (Å²) in [4.78, 5) is 0. The van der Waals surface area contributed by atoms with Gasteiger partial charge in [-0.15, -0.1) is 0 Å². The fourth-order valence-electron chi connectivity index (χ4n) is 1.74. The van der Waals surface area contributed by atoms with E-state index >= 15 is 0 Å². The van der Waals surface area contributed by atoms with Crippen LogP contribution >= 0.6 is 0 Å². The molecule has 1 saturated carbocycles. The van der Waals surface area contributed by atoms with Gasteiger partial charge in [-0.2, -0.15) is 5.10 Å². The van der Waals surface area contributed by atoms with Crippen molar-refractivity contribution in [2.24, 2.45) is 5.92 Å². The van der Waals surface area contributed by atoms with E-state index in [1.54, 1.807) is 6.20 Å². The molecule has 0 amide bonds. The van der Waals surface area contributed by atoms with E-state index in [1.807, 2.05) is 12.1 Å². The summed E-state index contributed by atoms with van der Waals surface area (Å²) in [6, 6.07) is 3.98. The first-order valence-corrected chi connectivity index (χ1v) is 5.29. The number of aromatic nitrogens is 2. The van der Waals surface area contributed by atoms with Gasteiger partial charge in [-0.25, -0.2) is 0 Å². The quantitative estimate of drug-likeness (QED) is 0.666. The van der Waals surface area contributed by atoms with Crippen LogP contribution in [-0.2, 0) is 0 Å². The Hall–Kier alpha value is -1.71. The Balaban J connectivity index is 1.90. The Morgan fingerprint density at radius 1 is 1.47 bits per heavy atom. The molecule has 4 heteroatoms. The molecule has 1 aromatic heterocycles. The minimum atomic E-state index is 0.796. The summed E-state index contributed by atoms with van der Waals surface area (Å²) < 4.78 is 0. The normalized spacial score (nSPS) is 15.7. The molecule has 3 rings (SSSR count). The second kappa shape index (κ2) is 3.15. The second-order valence-corrected chi connectivity index (χ2v) is 4.22. The Morgan fingerprint density at radius 3 is 3.13 bits per heavy atom. The molecule has 0 unspecified atom stereocenters. The molecule has 0 spiro atoms. The Labute approximate surface area is 87.9 Å². The van der Waals surface area contributed by atoms with Gasteiger partial charge in [0.15, 0.2) is 0 Å². The zero-order valence-electron chi connectivity index (χ0n) is 8.46. The van der Waals surface area contributed by atoms with Crippen molar-refractivity contribution in [1.82, 2.24) is 10.2 Å². The number of hydrogen-bond acceptors (Lipinski definition) is 3. The standard InChI is InChI=1S/C11H14N4/c12-9-3-8-6-14-15-10(8)4-11(9)13-5-7-1-2-7/h3-4,6-7,13H,1-2,5,12H2,(H,14,15). The summed E-state index contributed by atoms with van der Waals surface area (Å²) in [5, 5.41) is 11.4. The number of aromatic amines is 1. The Kier molecular flexibility index (Phi) is 1.80. The van der Waals surface area contributed by atoms with Gasteiger partial charge in [-0.3, -0.25) is 5.10 Å². The zero-order chi connectivity index (χ0) is 10.3. The zero-order valence-corrected chi connectivity index (χ0v) is 8.46. The van der Waals surface area contributed by atoms with E-state index in [1.165, 1.54) is 12.8 Å². The van der Waals surface area contributed by atoms with Crippen LogP contribution in [0.15, 0.2) is 18.3 Å². The number of anilines is 2. The first kappa shape index (κ1) is 8.59. The maximum absolute atomic E-state index is 5.95. The highest BCUT2D eigenvalue weighted by Crippen LogP contribution is 2.31. The molecule has 1 heterocycles. The number of hydrogen-bond donors (Lipinski definition) is 3. The van der Waals surface area contributed by atoms with Crippen LogP contribution in [0.2, 0.25) is 0 Å². The van der Waals surface area contributed by atoms with Gasteiger partial charge >= 0.3 is 0 Å². The predicted octanol–water partition coefficient (Wildman–Crippen LogP) is 1.97. The summed E-state index contributed by atoms with van der Waals surface area (Å²) >= 11 is 0. The third-order valence-corrected chi connectivity index (χ3v) is 2.89. The lowest BCUT2D eigenvalue weighted by atomic mass is 10.2. The van der Waals surface area contributed by atoms with Gasteiger partial charge < -0.3 is 11.1 Å². The lowest BCUT2D eigenvalue weighted by Gasteiger charge is -2.08. The predicted molar refractivity (Wildman–Crippen MR) is 61.7 cm³/mol. The molecular weight excluding hydrogens is 188 g/mol. The molecule has 78 valence electrons. The molecule has 0 atom stereocenters. The first-order chi connectivity index (χ1) is 7.33. The SMILES string of the molecule is Nc1cc2cn[nH]c2cc1NCC1CC1. The van der Waals surface area contributed by atoms with Crippen LogP contribution in [0.1, 0.15) is 12.8 Å². The first-order valence-electron chi connectivity index (χ1n) is 5.29. The van der Waals surface area contributed by atoms with E-state index in [0.717, 1.165) is 34.7 Å². The summed E-state index contributed by atoms with van der Waals surface area (Å²) in [7, 11) is 0. The fraction of sp³-hybridized carbons (Fsp3) is 0.364. The van der Waals surface area contributed by atoms with Crippen LogP contribution in [-0.4, -0.2) is 16.7 Å². The van der Waals surface area contributed by atoms with Crippen LogP contribution in [0.4, 0.5) is 11.4 Å². The average molecular weight is 202 g/mol. The average Bonchev–Trinajstić information content (AvgIpc) is 2.94. The lowest BCUT2D eigenvalue weighted by Crippen LogP contribution is -2.05. The van der Waals surface area contributed by atoms with E-state index in [9.17, 15) is 0 Å². The van der Waals surface area contributed by atoms with Gasteiger partial charge in [0.05, 0.1) is 23.1 Å². The third kappa shape index (κ3) is 1.63. The molecule has 1 aliphatic rings. The van der Waals surface area contributed by atoms with E-state index in [4.69, 9.17) is 5.73 Å². The van der Waals surface area contributed by atoms with Gasteiger partial charge in [-0.05, 0) is 30.9 Å². The molecular formula is C11H14N4. The number of fused-ring (bicyclic) bond motifs is 1. The molecule has 0 aliphatic heterocycles. The smallest absolute Gasteiger partial charge is 0.0672 e. The van der Waals surface area contributed by atoms with Crippen molar-refractivity contribution in [2.75, 3.05) is 17.6 Å². The number of nitrogens with zero attached hydrogens (tertiary/aromatic N) is 1. The maximum Gasteiger partial charge on any atom is 0.0672 e. The number of nitrogen functional groups attached to an aromatic ring is 1. The summed E-state index contributed by atoms with van der Waals surface area (Å²) in [6.07, 6.45) is 4.48. The van der Waals surface area contributed by atoms with Gasteiger partial charge in [0.2, 0.25) is 0 Å². The van der Waals surface area contributed by atoms with E-state index < -0.39 is 0 Å². The number of H-pyrrole nitrogens is 1. The van der Waals surface area contributed by atoms with E-state index in [0.29, 0.717) is 0 Å². The molecule has 0 saturated heterocycles. The van der Waals surface area contributed by atoms with Crippen molar-refractivity contribution >= 4 is 22.3 Å². The summed E-state index contributed by atoms with van der Waals surface area (Å²) in [6.45, 7) is 1.03. The molecule has 4 nitrogen and oxygen atoms in total. The topological polar surface area (TPSA) is 66.7 Å². The van der Waals surface area contributed by atoms with Crippen LogP contribution < -0.4 is 11.1 Å². The highest BCUT2D eigenvalue weighted by atomic mass is 15.1. The largest absolute Gasteiger partial charge is 0.397 e. The van der Waals surface area contributed by atoms with Gasteiger partial charge in [0, 0.05) is 11.9 Å². The van der Waals surface area contributed by atoms with Gasteiger partial charge in [-0.1, -0.05) is 0 Å². The fourth-order valence-corrected chi connectivity index (χ4v) is 1.74. The maximum atomic E-state index is 5.95. The lowest BCUT2D eigenvalue weighted by molar-refractivity contribution is 0.890. The van der Waals surface area contributed by atoms with Gasteiger partial charge in [0.1, 0.15) is 0 Å². The van der Waals surface area contributed by atoms with Crippen LogP contribution in [0, 0.1) is 5.92 Å². The molecule has 15 heavy (non-hydrogen) atoms. The number of nitrogens with one attached hydrogen (secondary N) is 2. The third-order valence-electron chi connectivity index (χ3n) is 2.89. The number of rotatable bonds is 3.